The molecule has 0 fully saturated rings. The number of carboxylic acid groups (broad SMARTS) is 1. The van der Waals surface area contributed by atoms with Crippen molar-refractivity contribution in [2.45, 2.75) is 6.61 Å². The average Bonchev–Trinajstić information content (AvgIpc) is 2.88. The molecule has 1 aromatic heterocycles. The van der Waals surface area contributed by atoms with Gasteiger partial charge in [-0.1, -0.05) is 30.3 Å². The molecule has 20 heavy (non-hydrogen) atoms. The van der Waals surface area contributed by atoms with Crippen LogP contribution >= 0.6 is 11.3 Å². The lowest BCUT2D eigenvalue weighted by molar-refractivity contribution is -0.121. The molecule has 0 spiro atoms. The average molecular weight is 291 g/mol. The Labute approximate surface area is 119 Å². The molecule has 0 bridgehead atoms. The van der Waals surface area contributed by atoms with Gasteiger partial charge in [-0.25, -0.2) is 4.79 Å². The first-order valence-corrected chi connectivity index (χ1v) is 6.77. The minimum absolute atomic E-state index is 0.112. The maximum absolute atomic E-state index is 11.7. The standard InChI is InChI=1S/C14H13NO4S/c16-12(9-19-8-10-4-2-1-3-5-10)15-11-6-7-20-13(11)14(17)18/h1-7H,8-9H2,(H,15,16)(H,17,18). The molecule has 0 aliphatic rings. The number of nitrogens with one attached hydrogen (secondary N) is 1. The molecule has 0 radical (unpaired) electrons. The van der Waals surface area contributed by atoms with Gasteiger partial charge in [0.2, 0.25) is 5.91 Å². The van der Waals surface area contributed by atoms with Crippen molar-refractivity contribution < 1.29 is 19.4 Å². The van der Waals surface area contributed by atoms with E-state index in [2.05, 4.69) is 5.32 Å². The smallest absolute Gasteiger partial charge is 0.348 e. The lowest BCUT2D eigenvalue weighted by atomic mass is 10.2. The molecule has 1 aromatic carbocycles. The molecule has 5 nitrogen and oxygen atoms in total. The van der Waals surface area contributed by atoms with Gasteiger partial charge in [-0.05, 0) is 17.0 Å². The van der Waals surface area contributed by atoms with Crippen LogP contribution in [-0.2, 0) is 16.1 Å². The van der Waals surface area contributed by atoms with E-state index in [1.165, 1.54) is 0 Å². The van der Waals surface area contributed by atoms with Gasteiger partial charge in [-0.2, -0.15) is 0 Å². The number of amides is 1. The fourth-order valence-corrected chi connectivity index (χ4v) is 2.28. The van der Waals surface area contributed by atoms with Crippen molar-refractivity contribution in [2.75, 3.05) is 11.9 Å². The fraction of sp³-hybridized carbons (Fsp3) is 0.143. The molecular formula is C14H13NO4S. The van der Waals surface area contributed by atoms with E-state index in [1.54, 1.807) is 11.4 Å². The molecule has 2 N–H and O–H groups in total. The van der Waals surface area contributed by atoms with Crippen LogP contribution in [-0.4, -0.2) is 23.6 Å². The first-order valence-electron chi connectivity index (χ1n) is 5.89. The molecule has 2 rings (SSSR count). The largest absolute Gasteiger partial charge is 0.477 e. The number of carbonyl (C=O) groups excluding carboxylic acids is 1. The SMILES string of the molecule is O=C(COCc1ccccc1)Nc1ccsc1C(=O)O. The second-order valence-corrected chi connectivity index (χ2v) is 4.91. The summed E-state index contributed by atoms with van der Waals surface area (Å²) in [6, 6.07) is 11.1. The second-order valence-electron chi connectivity index (χ2n) is 4.00. The molecule has 0 unspecified atom stereocenters. The molecule has 6 heteroatoms. The number of ether oxygens (including phenoxy) is 1. The van der Waals surface area contributed by atoms with Gasteiger partial charge in [0, 0.05) is 0 Å². The highest BCUT2D eigenvalue weighted by molar-refractivity contribution is 7.12. The number of anilines is 1. The van der Waals surface area contributed by atoms with Gasteiger partial charge in [0.1, 0.15) is 11.5 Å². The van der Waals surface area contributed by atoms with Crippen LogP contribution in [0.15, 0.2) is 41.8 Å². The predicted octanol–water partition coefficient (Wildman–Crippen LogP) is 2.60. The van der Waals surface area contributed by atoms with Crippen LogP contribution in [0.3, 0.4) is 0 Å². The van der Waals surface area contributed by atoms with Crippen LogP contribution in [0.25, 0.3) is 0 Å². The van der Waals surface area contributed by atoms with Gasteiger partial charge in [0.05, 0.1) is 12.3 Å². The summed E-state index contributed by atoms with van der Waals surface area (Å²) in [4.78, 5) is 22.7. The van der Waals surface area contributed by atoms with E-state index >= 15 is 0 Å². The number of aromatic carboxylic acids is 1. The van der Waals surface area contributed by atoms with Crippen LogP contribution < -0.4 is 5.32 Å². The maximum atomic E-state index is 11.7. The van der Waals surface area contributed by atoms with Gasteiger partial charge in [-0.3, -0.25) is 4.79 Å². The van der Waals surface area contributed by atoms with Crippen LogP contribution in [0.5, 0.6) is 0 Å². The lowest BCUT2D eigenvalue weighted by Crippen LogP contribution is -2.19. The number of rotatable bonds is 6. The van der Waals surface area contributed by atoms with E-state index in [0.29, 0.717) is 12.3 Å². The van der Waals surface area contributed by atoms with E-state index in [0.717, 1.165) is 16.9 Å². The van der Waals surface area contributed by atoms with Gasteiger partial charge in [0.15, 0.2) is 0 Å². The Morgan fingerprint density at radius 2 is 1.95 bits per heavy atom. The van der Waals surface area contributed by atoms with E-state index in [4.69, 9.17) is 9.84 Å². The molecule has 1 amide bonds. The number of benzene rings is 1. The van der Waals surface area contributed by atoms with Crippen molar-refractivity contribution >= 4 is 28.9 Å². The van der Waals surface area contributed by atoms with Crippen molar-refractivity contribution in [2.24, 2.45) is 0 Å². The van der Waals surface area contributed by atoms with E-state index in [-0.39, 0.29) is 17.4 Å². The molecule has 0 atom stereocenters. The third-order valence-electron chi connectivity index (χ3n) is 2.48. The Morgan fingerprint density at radius 1 is 1.20 bits per heavy atom. The summed E-state index contributed by atoms with van der Waals surface area (Å²) < 4.78 is 5.27. The topological polar surface area (TPSA) is 75.6 Å². The fourth-order valence-electron chi connectivity index (χ4n) is 1.60. The molecule has 1 heterocycles. The first kappa shape index (κ1) is 14.2. The summed E-state index contributed by atoms with van der Waals surface area (Å²) in [5.74, 6) is -1.43. The van der Waals surface area contributed by atoms with E-state index < -0.39 is 5.97 Å². The van der Waals surface area contributed by atoms with Gasteiger partial charge < -0.3 is 15.2 Å². The van der Waals surface area contributed by atoms with Crippen LogP contribution in [0.4, 0.5) is 5.69 Å². The Kier molecular flexibility index (Phi) is 4.86. The van der Waals surface area contributed by atoms with E-state index in [1.807, 2.05) is 30.3 Å². The van der Waals surface area contributed by atoms with E-state index in [9.17, 15) is 9.59 Å². The summed E-state index contributed by atoms with van der Waals surface area (Å²) in [7, 11) is 0. The second kappa shape index (κ2) is 6.83. The molecule has 104 valence electrons. The molecule has 0 aliphatic heterocycles. The normalized spacial score (nSPS) is 10.2. The molecule has 0 saturated carbocycles. The minimum Gasteiger partial charge on any atom is -0.477 e. The Morgan fingerprint density at radius 3 is 2.65 bits per heavy atom. The van der Waals surface area contributed by atoms with Gasteiger partial charge in [-0.15, -0.1) is 11.3 Å². The number of hydrogen-bond donors (Lipinski definition) is 2. The third kappa shape index (κ3) is 3.91. The highest BCUT2D eigenvalue weighted by Crippen LogP contribution is 2.21. The Balaban J connectivity index is 1.81. The van der Waals surface area contributed by atoms with Crippen LogP contribution in [0.2, 0.25) is 0 Å². The van der Waals surface area contributed by atoms with Gasteiger partial charge in [0.25, 0.3) is 0 Å². The van der Waals surface area contributed by atoms with Crippen LogP contribution in [0, 0.1) is 0 Å². The van der Waals surface area contributed by atoms with Crippen molar-refractivity contribution in [3.8, 4) is 0 Å². The van der Waals surface area contributed by atoms with Crippen molar-refractivity contribution in [3.63, 3.8) is 0 Å². The zero-order valence-corrected chi connectivity index (χ0v) is 11.4. The molecular weight excluding hydrogens is 278 g/mol. The van der Waals surface area contributed by atoms with Crippen LogP contribution in [0.1, 0.15) is 15.2 Å². The maximum Gasteiger partial charge on any atom is 0.348 e. The zero-order valence-electron chi connectivity index (χ0n) is 10.5. The lowest BCUT2D eigenvalue weighted by Gasteiger charge is -2.06. The zero-order chi connectivity index (χ0) is 14.4. The minimum atomic E-state index is -1.06. The Bertz CT molecular complexity index is 594. The number of hydrogen-bond acceptors (Lipinski definition) is 4. The number of thiophene rings is 1. The first-order chi connectivity index (χ1) is 9.66. The molecule has 0 aliphatic carbocycles. The summed E-state index contributed by atoms with van der Waals surface area (Å²) in [6.45, 7) is 0.216. The summed E-state index contributed by atoms with van der Waals surface area (Å²) in [5, 5.41) is 13.1. The highest BCUT2D eigenvalue weighted by atomic mass is 32.1. The Hall–Kier alpha value is -2.18. The van der Waals surface area contributed by atoms with Crippen molar-refractivity contribution in [1.82, 2.24) is 0 Å². The predicted molar refractivity (Wildman–Crippen MR) is 76.0 cm³/mol. The molecule has 0 saturated heterocycles. The summed E-state index contributed by atoms with van der Waals surface area (Å²) in [6.07, 6.45) is 0. The van der Waals surface area contributed by atoms with Crippen molar-refractivity contribution in [1.29, 1.82) is 0 Å². The monoisotopic (exact) mass is 291 g/mol. The molecule has 2 aromatic rings. The third-order valence-corrected chi connectivity index (χ3v) is 3.38. The highest BCUT2D eigenvalue weighted by Gasteiger charge is 2.13. The summed E-state index contributed by atoms with van der Waals surface area (Å²) in [5.41, 5.74) is 1.28. The van der Waals surface area contributed by atoms with Crippen molar-refractivity contribution in [3.05, 3.63) is 52.2 Å². The quantitative estimate of drug-likeness (QED) is 0.857. The summed E-state index contributed by atoms with van der Waals surface area (Å²) >= 11 is 1.07. The van der Waals surface area contributed by atoms with Gasteiger partial charge >= 0.3 is 5.97 Å². The number of carbonyl (C=O) groups is 2. The number of carboxylic acids is 1.